The van der Waals surface area contributed by atoms with Crippen LogP contribution in [0.15, 0.2) is 79.1 Å². The highest BCUT2D eigenvalue weighted by Gasteiger charge is 2.14. The topological polar surface area (TPSA) is 119 Å². The van der Waals surface area contributed by atoms with Crippen molar-refractivity contribution in [3.63, 3.8) is 0 Å². The maximum absolute atomic E-state index is 14.7. The van der Waals surface area contributed by atoms with Crippen molar-refractivity contribution in [3.05, 3.63) is 101 Å². The highest BCUT2D eigenvalue weighted by atomic mass is 35.5. The summed E-state index contributed by atoms with van der Waals surface area (Å²) in [6.07, 6.45) is 2.84. The van der Waals surface area contributed by atoms with E-state index in [9.17, 15) is 14.0 Å². The number of aromatic nitrogens is 2. The average molecular weight is 478 g/mol. The summed E-state index contributed by atoms with van der Waals surface area (Å²) in [5.74, 6) is -1.44. The molecule has 8 nitrogen and oxygen atoms in total. The number of carbonyl (C=O) groups is 2. The molecule has 2 aromatic carbocycles. The molecule has 0 spiro atoms. The number of hydrogen-bond donors (Lipinski definition) is 3. The van der Waals surface area contributed by atoms with Crippen molar-refractivity contribution in [2.45, 2.75) is 0 Å². The quantitative estimate of drug-likeness (QED) is 0.338. The second-order valence-electron chi connectivity index (χ2n) is 6.97. The van der Waals surface area contributed by atoms with E-state index in [0.717, 1.165) is 0 Å². The zero-order valence-corrected chi connectivity index (χ0v) is 18.2. The predicted octanol–water partition coefficient (Wildman–Crippen LogP) is 5.16. The molecule has 10 heteroatoms. The van der Waals surface area contributed by atoms with E-state index in [1.807, 2.05) is 0 Å². The Morgan fingerprint density at radius 3 is 2.44 bits per heavy atom. The van der Waals surface area contributed by atoms with Crippen LogP contribution in [0.25, 0.3) is 0 Å². The van der Waals surface area contributed by atoms with Crippen LogP contribution in [0.2, 0.25) is 5.02 Å². The maximum Gasteiger partial charge on any atom is 0.267 e. The molecule has 0 fully saturated rings. The average Bonchev–Trinajstić information content (AvgIpc) is 2.83. The summed E-state index contributed by atoms with van der Waals surface area (Å²) in [5.41, 5.74) is 6.36. The maximum atomic E-state index is 14.7. The van der Waals surface area contributed by atoms with Gasteiger partial charge in [-0.3, -0.25) is 14.6 Å². The molecule has 34 heavy (non-hydrogen) atoms. The molecular formula is C24H17ClFN5O3. The fraction of sp³-hybridized carbons (Fsp3) is 0. The third-order valence-corrected chi connectivity index (χ3v) is 4.81. The van der Waals surface area contributed by atoms with E-state index in [-0.39, 0.29) is 28.6 Å². The van der Waals surface area contributed by atoms with Gasteiger partial charge in [0, 0.05) is 40.9 Å². The Hall–Kier alpha value is -4.50. The summed E-state index contributed by atoms with van der Waals surface area (Å²) in [4.78, 5) is 32.0. The largest absolute Gasteiger partial charge is 0.454 e. The Bertz CT molecular complexity index is 1370. The smallest absolute Gasteiger partial charge is 0.267 e. The lowest BCUT2D eigenvalue weighted by molar-refractivity contribution is 0.0993. The van der Waals surface area contributed by atoms with Crippen LogP contribution < -0.4 is 21.1 Å². The lowest BCUT2D eigenvalue weighted by atomic mass is 10.2. The summed E-state index contributed by atoms with van der Waals surface area (Å²) in [5, 5.41) is 6.26. The van der Waals surface area contributed by atoms with Crippen molar-refractivity contribution < 1.29 is 18.7 Å². The van der Waals surface area contributed by atoms with Crippen LogP contribution in [0.3, 0.4) is 0 Å². The number of nitrogens with zero attached hydrogens (tertiary/aromatic N) is 2. The number of amides is 2. The molecule has 0 aliphatic heterocycles. The monoisotopic (exact) mass is 477 g/mol. The van der Waals surface area contributed by atoms with Gasteiger partial charge in [0.1, 0.15) is 17.3 Å². The number of anilines is 3. The van der Waals surface area contributed by atoms with Gasteiger partial charge in [-0.2, -0.15) is 0 Å². The highest BCUT2D eigenvalue weighted by molar-refractivity contribution is 6.30. The molecule has 2 amide bonds. The Morgan fingerprint density at radius 1 is 0.941 bits per heavy atom. The summed E-state index contributed by atoms with van der Waals surface area (Å²) < 4.78 is 20.2. The number of primary amides is 1. The van der Waals surface area contributed by atoms with Gasteiger partial charge < -0.3 is 21.1 Å². The van der Waals surface area contributed by atoms with E-state index < -0.39 is 17.6 Å². The second-order valence-corrected chi connectivity index (χ2v) is 7.41. The van der Waals surface area contributed by atoms with Crippen molar-refractivity contribution >= 4 is 40.6 Å². The predicted molar refractivity (Wildman–Crippen MR) is 126 cm³/mol. The number of rotatable bonds is 7. The Labute approximate surface area is 198 Å². The van der Waals surface area contributed by atoms with E-state index in [1.54, 1.807) is 42.5 Å². The number of nitrogens with two attached hydrogens (primary N) is 1. The fourth-order valence-electron chi connectivity index (χ4n) is 2.95. The zero-order valence-electron chi connectivity index (χ0n) is 17.5. The zero-order chi connectivity index (χ0) is 24.1. The van der Waals surface area contributed by atoms with Gasteiger partial charge in [-0.15, -0.1) is 0 Å². The van der Waals surface area contributed by atoms with Crippen LogP contribution in [-0.2, 0) is 0 Å². The molecule has 2 aromatic heterocycles. The number of carbonyl (C=O) groups excluding carboxylic acids is 2. The third-order valence-electron chi connectivity index (χ3n) is 4.56. The van der Waals surface area contributed by atoms with Crippen molar-refractivity contribution in [1.29, 1.82) is 0 Å². The van der Waals surface area contributed by atoms with Gasteiger partial charge in [0.25, 0.3) is 11.8 Å². The van der Waals surface area contributed by atoms with Crippen molar-refractivity contribution in [1.82, 2.24) is 9.97 Å². The summed E-state index contributed by atoms with van der Waals surface area (Å²) >= 11 is 5.88. The van der Waals surface area contributed by atoms with Gasteiger partial charge in [-0.1, -0.05) is 11.6 Å². The Balaban J connectivity index is 1.51. The molecular weight excluding hydrogens is 461 g/mol. The van der Waals surface area contributed by atoms with Crippen molar-refractivity contribution in [2.24, 2.45) is 5.73 Å². The molecule has 4 N–H and O–H groups in total. The molecule has 0 unspecified atom stereocenters. The molecule has 0 aliphatic rings. The molecule has 4 aromatic rings. The second kappa shape index (κ2) is 9.97. The number of pyridine rings is 2. The van der Waals surface area contributed by atoms with E-state index >= 15 is 0 Å². The molecule has 2 heterocycles. The number of benzene rings is 2. The van der Waals surface area contributed by atoms with Crippen LogP contribution in [0.4, 0.5) is 21.6 Å². The highest BCUT2D eigenvalue weighted by Crippen LogP contribution is 2.28. The van der Waals surface area contributed by atoms with Gasteiger partial charge in [0.05, 0.1) is 5.56 Å². The molecule has 0 aliphatic carbocycles. The van der Waals surface area contributed by atoms with Crippen LogP contribution in [-0.4, -0.2) is 21.8 Å². The minimum Gasteiger partial charge on any atom is -0.454 e. The first-order valence-corrected chi connectivity index (χ1v) is 10.3. The molecule has 0 atom stereocenters. The van der Waals surface area contributed by atoms with Crippen LogP contribution >= 0.6 is 11.6 Å². The number of hydrogen-bond acceptors (Lipinski definition) is 6. The minimum atomic E-state index is -0.725. The third kappa shape index (κ3) is 5.45. The first-order chi connectivity index (χ1) is 16.4. The van der Waals surface area contributed by atoms with Gasteiger partial charge in [0.15, 0.2) is 11.6 Å². The van der Waals surface area contributed by atoms with Gasteiger partial charge in [-0.25, -0.2) is 9.37 Å². The summed E-state index contributed by atoms with van der Waals surface area (Å²) in [6.45, 7) is 0. The molecule has 170 valence electrons. The Morgan fingerprint density at radius 2 is 1.71 bits per heavy atom. The normalized spacial score (nSPS) is 10.4. The molecule has 4 rings (SSSR count). The lowest BCUT2D eigenvalue weighted by Crippen LogP contribution is -2.14. The van der Waals surface area contributed by atoms with E-state index in [2.05, 4.69) is 20.6 Å². The van der Waals surface area contributed by atoms with Crippen LogP contribution in [0.5, 0.6) is 11.5 Å². The summed E-state index contributed by atoms with van der Waals surface area (Å²) in [6, 6.07) is 16.8. The standard InChI is InChI=1S/C24H17ClFN5O3/c25-14-3-5-15(6-4-14)31-24(33)18-2-1-10-29-23(18)30-16-7-8-21(19(26)12-16)34-17-9-11-28-20(13-17)22(27)32/h1-13H,(H2,27,32)(H,29,30)(H,31,33). The molecule has 0 radical (unpaired) electrons. The molecule has 0 bridgehead atoms. The minimum absolute atomic E-state index is 0.00393. The first-order valence-electron chi connectivity index (χ1n) is 9.91. The Kier molecular flexibility index (Phi) is 6.65. The summed E-state index contributed by atoms with van der Waals surface area (Å²) in [7, 11) is 0. The molecule has 0 saturated heterocycles. The lowest BCUT2D eigenvalue weighted by Gasteiger charge is -2.13. The first kappa shape index (κ1) is 22.7. The molecule has 0 saturated carbocycles. The fourth-order valence-corrected chi connectivity index (χ4v) is 3.08. The number of halogens is 2. The van der Waals surface area contributed by atoms with Gasteiger partial charge in [0.2, 0.25) is 0 Å². The number of nitrogens with one attached hydrogen (secondary N) is 2. The van der Waals surface area contributed by atoms with E-state index in [4.69, 9.17) is 22.1 Å². The van der Waals surface area contributed by atoms with Crippen molar-refractivity contribution in [3.8, 4) is 11.5 Å². The number of ether oxygens (including phenoxy) is 1. The van der Waals surface area contributed by atoms with Crippen LogP contribution in [0.1, 0.15) is 20.8 Å². The van der Waals surface area contributed by atoms with E-state index in [1.165, 1.54) is 36.7 Å². The van der Waals surface area contributed by atoms with Crippen LogP contribution in [0, 0.1) is 5.82 Å². The van der Waals surface area contributed by atoms with E-state index in [0.29, 0.717) is 16.4 Å². The van der Waals surface area contributed by atoms with Crippen molar-refractivity contribution in [2.75, 3.05) is 10.6 Å². The SMILES string of the molecule is NC(=O)c1cc(Oc2ccc(Nc3ncccc3C(=O)Nc3ccc(Cl)cc3)cc2F)ccn1. The van der Waals surface area contributed by atoms with Gasteiger partial charge >= 0.3 is 0 Å². The van der Waals surface area contributed by atoms with Gasteiger partial charge in [-0.05, 0) is 54.6 Å².